The highest BCUT2D eigenvalue weighted by Crippen LogP contribution is 2.27. The van der Waals surface area contributed by atoms with Crippen molar-refractivity contribution >= 4 is 11.6 Å². The predicted molar refractivity (Wildman–Crippen MR) is 125 cm³/mol. The van der Waals surface area contributed by atoms with Gasteiger partial charge in [-0.2, -0.15) is 0 Å². The number of aliphatic hydroxyl groups is 1. The maximum atomic E-state index is 13.2. The molecule has 0 fully saturated rings. The third-order valence-corrected chi connectivity index (χ3v) is 5.50. The maximum Gasteiger partial charge on any atom is 0.294 e. The fraction of sp³-hybridized carbons (Fsp3) is 0.200. The molecule has 4 rings (SSSR count). The number of pyridine rings is 1. The largest absolute Gasteiger partial charge is 0.451 e. The van der Waals surface area contributed by atoms with Gasteiger partial charge in [0, 0.05) is 24.1 Å². The Hall–Kier alpha value is -3.35. The molecule has 164 valence electrons. The standard InChI is InChI=1S/C25H24ClN3O3/c1-16-5-4-6-19(9-16)23(14-30)29-13-20(26)11-24(25(29)31)32-21-7-8-22(17(2)10-21)28-12-18(3)27-15-28/h4-13,15,23,30H,14H2,1-3H3/t23-/m0/s1. The fourth-order valence-corrected chi connectivity index (χ4v) is 3.94. The molecule has 2 aromatic heterocycles. The molecule has 0 aliphatic heterocycles. The van der Waals surface area contributed by atoms with Crippen molar-refractivity contribution in [1.82, 2.24) is 14.1 Å². The molecule has 6 nitrogen and oxygen atoms in total. The summed E-state index contributed by atoms with van der Waals surface area (Å²) in [5.74, 6) is 0.610. The average molecular weight is 450 g/mol. The van der Waals surface area contributed by atoms with E-state index in [1.165, 1.54) is 16.8 Å². The molecular formula is C25H24ClN3O3. The van der Waals surface area contributed by atoms with Crippen LogP contribution < -0.4 is 10.3 Å². The van der Waals surface area contributed by atoms with E-state index in [-0.39, 0.29) is 17.9 Å². The summed E-state index contributed by atoms with van der Waals surface area (Å²) < 4.78 is 9.30. The summed E-state index contributed by atoms with van der Waals surface area (Å²) in [6.45, 7) is 5.61. The number of hydrogen-bond donors (Lipinski definition) is 1. The number of rotatable bonds is 6. The number of benzene rings is 2. The van der Waals surface area contributed by atoms with Crippen LogP contribution in [0.25, 0.3) is 5.69 Å². The van der Waals surface area contributed by atoms with E-state index in [0.717, 1.165) is 28.1 Å². The van der Waals surface area contributed by atoms with Crippen molar-refractivity contribution in [3.05, 3.63) is 105 Å². The van der Waals surface area contributed by atoms with E-state index in [4.69, 9.17) is 16.3 Å². The lowest BCUT2D eigenvalue weighted by molar-refractivity contribution is 0.246. The molecule has 2 heterocycles. The van der Waals surface area contributed by atoms with E-state index in [1.807, 2.05) is 67.9 Å². The summed E-state index contributed by atoms with van der Waals surface area (Å²) in [4.78, 5) is 17.5. The van der Waals surface area contributed by atoms with Crippen molar-refractivity contribution in [2.24, 2.45) is 0 Å². The number of ether oxygens (including phenoxy) is 1. The van der Waals surface area contributed by atoms with Crippen molar-refractivity contribution in [1.29, 1.82) is 0 Å². The second-order valence-corrected chi connectivity index (χ2v) is 8.26. The SMILES string of the molecule is Cc1cccc([C@H](CO)n2cc(Cl)cc(Oc3ccc(-n4cnc(C)c4)c(C)c3)c2=O)c1. The van der Waals surface area contributed by atoms with Crippen LogP contribution in [0.5, 0.6) is 11.5 Å². The normalized spacial score (nSPS) is 12.0. The molecule has 32 heavy (non-hydrogen) atoms. The first-order valence-corrected chi connectivity index (χ1v) is 10.6. The average Bonchev–Trinajstić information content (AvgIpc) is 3.18. The van der Waals surface area contributed by atoms with Crippen LogP contribution in [0.3, 0.4) is 0 Å². The Morgan fingerprint density at radius 2 is 1.91 bits per heavy atom. The number of aryl methyl sites for hydroxylation is 3. The topological polar surface area (TPSA) is 69.3 Å². The van der Waals surface area contributed by atoms with Gasteiger partial charge in [-0.3, -0.25) is 4.79 Å². The first kappa shape index (κ1) is 21.9. The number of nitrogens with zero attached hydrogens (tertiary/aromatic N) is 3. The second-order valence-electron chi connectivity index (χ2n) is 7.82. The monoisotopic (exact) mass is 449 g/mol. The smallest absolute Gasteiger partial charge is 0.294 e. The minimum Gasteiger partial charge on any atom is -0.451 e. The first-order chi connectivity index (χ1) is 15.4. The molecule has 0 saturated carbocycles. The number of halogens is 1. The Balaban J connectivity index is 1.69. The fourth-order valence-electron chi connectivity index (χ4n) is 3.74. The summed E-state index contributed by atoms with van der Waals surface area (Å²) >= 11 is 6.32. The van der Waals surface area contributed by atoms with Gasteiger partial charge in [0.15, 0.2) is 5.75 Å². The lowest BCUT2D eigenvalue weighted by atomic mass is 10.0. The highest BCUT2D eigenvalue weighted by molar-refractivity contribution is 6.30. The lowest BCUT2D eigenvalue weighted by Crippen LogP contribution is -2.28. The van der Waals surface area contributed by atoms with Gasteiger partial charge in [0.2, 0.25) is 0 Å². The zero-order valence-corrected chi connectivity index (χ0v) is 18.9. The summed E-state index contributed by atoms with van der Waals surface area (Å²) in [7, 11) is 0. The van der Waals surface area contributed by atoms with Gasteiger partial charge in [-0.25, -0.2) is 4.98 Å². The second kappa shape index (κ2) is 9.02. The molecule has 2 aromatic carbocycles. The molecule has 0 unspecified atom stereocenters. The molecule has 0 bridgehead atoms. The molecule has 0 aliphatic rings. The van der Waals surface area contributed by atoms with E-state index in [2.05, 4.69) is 4.98 Å². The highest BCUT2D eigenvalue weighted by Gasteiger charge is 2.18. The molecule has 0 aliphatic carbocycles. The first-order valence-electron chi connectivity index (χ1n) is 10.2. The summed E-state index contributed by atoms with van der Waals surface area (Å²) in [6, 6.07) is 14.2. The van der Waals surface area contributed by atoms with Crippen molar-refractivity contribution in [2.75, 3.05) is 6.61 Å². The molecule has 1 atom stereocenters. The predicted octanol–water partition coefficient (Wildman–Crippen LogP) is 4.99. The molecular weight excluding hydrogens is 426 g/mol. The summed E-state index contributed by atoms with van der Waals surface area (Å²) in [6.07, 6.45) is 5.22. The lowest BCUT2D eigenvalue weighted by Gasteiger charge is -2.20. The maximum absolute atomic E-state index is 13.2. The van der Waals surface area contributed by atoms with Crippen molar-refractivity contribution in [3.8, 4) is 17.2 Å². The number of hydrogen-bond acceptors (Lipinski definition) is 4. The highest BCUT2D eigenvalue weighted by atomic mass is 35.5. The van der Waals surface area contributed by atoms with Gasteiger partial charge in [-0.1, -0.05) is 41.4 Å². The molecule has 4 aromatic rings. The van der Waals surface area contributed by atoms with Crippen LogP contribution in [0.2, 0.25) is 5.02 Å². The molecule has 0 radical (unpaired) electrons. The van der Waals surface area contributed by atoms with Crippen LogP contribution >= 0.6 is 11.6 Å². The van der Waals surface area contributed by atoms with Gasteiger partial charge in [0.25, 0.3) is 5.56 Å². The van der Waals surface area contributed by atoms with Crippen LogP contribution in [0.1, 0.15) is 28.4 Å². The van der Waals surface area contributed by atoms with Crippen molar-refractivity contribution in [2.45, 2.75) is 26.8 Å². The molecule has 1 N–H and O–H groups in total. The summed E-state index contributed by atoms with van der Waals surface area (Å²) in [5.41, 5.74) is 4.35. The minimum absolute atomic E-state index is 0.0919. The van der Waals surface area contributed by atoms with Gasteiger partial charge in [0.1, 0.15) is 5.75 Å². The van der Waals surface area contributed by atoms with E-state index in [1.54, 1.807) is 12.4 Å². The molecule has 0 amide bonds. The molecule has 0 saturated heterocycles. The van der Waals surface area contributed by atoms with Gasteiger partial charge in [0.05, 0.1) is 29.7 Å². The van der Waals surface area contributed by atoms with Crippen LogP contribution in [-0.4, -0.2) is 25.8 Å². The van der Waals surface area contributed by atoms with Gasteiger partial charge in [-0.05, 0) is 50.1 Å². The van der Waals surface area contributed by atoms with Crippen LogP contribution in [0.15, 0.2) is 72.0 Å². The Labute approximate surface area is 191 Å². The number of imidazole rings is 1. The number of aliphatic hydroxyl groups excluding tert-OH is 1. The molecule has 7 heteroatoms. The van der Waals surface area contributed by atoms with E-state index in [9.17, 15) is 9.90 Å². The van der Waals surface area contributed by atoms with Gasteiger partial charge >= 0.3 is 0 Å². The van der Waals surface area contributed by atoms with Crippen molar-refractivity contribution < 1.29 is 9.84 Å². The van der Waals surface area contributed by atoms with Gasteiger partial charge in [-0.15, -0.1) is 0 Å². The van der Waals surface area contributed by atoms with Crippen LogP contribution in [-0.2, 0) is 0 Å². The number of aromatic nitrogens is 3. The van der Waals surface area contributed by atoms with E-state index < -0.39 is 6.04 Å². The Morgan fingerprint density at radius 1 is 1.09 bits per heavy atom. The quantitative estimate of drug-likeness (QED) is 0.450. The third-order valence-electron chi connectivity index (χ3n) is 5.30. The van der Waals surface area contributed by atoms with Crippen molar-refractivity contribution in [3.63, 3.8) is 0 Å². The Morgan fingerprint density at radius 3 is 2.56 bits per heavy atom. The van der Waals surface area contributed by atoms with Crippen LogP contribution in [0, 0.1) is 20.8 Å². The van der Waals surface area contributed by atoms with Crippen LogP contribution in [0.4, 0.5) is 0 Å². The van der Waals surface area contributed by atoms with Gasteiger partial charge < -0.3 is 19.0 Å². The Bertz CT molecular complexity index is 1330. The minimum atomic E-state index is -0.572. The van der Waals surface area contributed by atoms with E-state index in [0.29, 0.717) is 10.8 Å². The molecule has 0 spiro atoms. The summed E-state index contributed by atoms with van der Waals surface area (Å²) in [5, 5.41) is 10.4. The van der Waals surface area contributed by atoms with E-state index >= 15 is 0 Å². The Kier molecular flexibility index (Phi) is 6.17. The zero-order chi connectivity index (χ0) is 22.8. The zero-order valence-electron chi connectivity index (χ0n) is 18.1. The third kappa shape index (κ3) is 4.47.